The van der Waals surface area contributed by atoms with Crippen molar-refractivity contribution in [2.75, 3.05) is 32.2 Å². The highest BCUT2D eigenvalue weighted by molar-refractivity contribution is 7.17. The van der Waals surface area contributed by atoms with Crippen LogP contribution < -0.4 is 9.64 Å². The Morgan fingerprint density at radius 1 is 0.939 bits per heavy atom. The van der Waals surface area contributed by atoms with E-state index in [1.165, 1.54) is 37.4 Å². The van der Waals surface area contributed by atoms with E-state index in [0.29, 0.717) is 45.4 Å². The topological polar surface area (TPSA) is 81.2 Å². The van der Waals surface area contributed by atoms with E-state index >= 15 is 0 Å². The number of hydrogen-bond acceptors (Lipinski definition) is 8. The zero-order valence-corrected chi connectivity index (χ0v) is 27.1. The fourth-order valence-corrected chi connectivity index (χ4v) is 6.74. The Kier molecular flexibility index (Phi) is 8.98. The van der Waals surface area contributed by atoms with Gasteiger partial charge in [0.25, 0.3) is 0 Å². The fourth-order valence-electron chi connectivity index (χ4n) is 5.82. The molecule has 0 radical (unpaired) electrons. The van der Waals surface area contributed by atoms with E-state index < -0.39 is 53.3 Å². The van der Waals surface area contributed by atoms with Gasteiger partial charge in [-0.2, -0.15) is 26.3 Å². The summed E-state index contributed by atoms with van der Waals surface area (Å²) in [6.07, 6.45) is -11.5. The number of cyclic esters (lactones) is 1. The molecule has 4 aromatic rings. The molecule has 4 heterocycles. The van der Waals surface area contributed by atoms with Gasteiger partial charge in [0, 0.05) is 29.1 Å². The van der Waals surface area contributed by atoms with Gasteiger partial charge in [0.15, 0.2) is 0 Å². The molecule has 0 bridgehead atoms. The molecule has 0 unspecified atom stereocenters. The predicted octanol–water partition coefficient (Wildman–Crippen LogP) is 8.60. The number of rotatable bonds is 8. The van der Waals surface area contributed by atoms with E-state index in [0.717, 1.165) is 30.0 Å². The molecule has 2 atom stereocenters. The number of hydrogen-bond donors (Lipinski definition) is 0. The minimum absolute atomic E-state index is 0.0358. The van der Waals surface area contributed by atoms with Gasteiger partial charge in [-0.15, -0.1) is 11.3 Å². The first kappa shape index (κ1) is 34.1. The number of ether oxygens (including phenoxy) is 3. The molecule has 2 aromatic carbocycles. The van der Waals surface area contributed by atoms with Gasteiger partial charge in [0.2, 0.25) is 0 Å². The van der Waals surface area contributed by atoms with E-state index in [9.17, 15) is 35.9 Å². The van der Waals surface area contributed by atoms with E-state index in [4.69, 9.17) is 19.2 Å². The fraction of sp³-hybridized carbons (Fsp3) is 0.324. The molecule has 2 aromatic heterocycles. The van der Waals surface area contributed by atoms with Gasteiger partial charge in [0.1, 0.15) is 22.5 Å². The Bertz CT molecular complexity index is 1870. The molecule has 0 N–H and O–H groups in total. The Labute approximate surface area is 280 Å². The van der Waals surface area contributed by atoms with E-state index in [2.05, 4.69) is 0 Å². The molecule has 1 amide bonds. The molecular formula is C34H29F6N3O5S. The molecule has 0 saturated carbocycles. The summed E-state index contributed by atoms with van der Waals surface area (Å²) in [5, 5.41) is 0. The largest absolute Gasteiger partial charge is 0.496 e. The normalized spacial score (nSPS) is 17.9. The molecule has 8 nitrogen and oxygen atoms in total. The van der Waals surface area contributed by atoms with Gasteiger partial charge in [-0.25, -0.2) is 14.6 Å². The molecule has 49 heavy (non-hydrogen) atoms. The molecule has 6 rings (SSSR count). The third kappa shape index (κ3) is 6.76. The van der Waals surface area contributed by atoms with Crippen molar-refractivity contribution in [2.45, 2.75) is 44.4 Å². The van der Waals surface area contributed by atoms with Gasteiger partial charge in [0.05, 0.1) is 43.6 Å². The number of pyridine rings is 1. The quantitative estimate of drug-likeness (QED) is 0.134. The number of alkyl halides is 6. The number of thiophene rings is 1. The number of anilines is 1. The number of esters is 1. The van der Waals surface area contributed by atoms with Crippen molar-refractivity contribution in [3.63, 3.8) is 0 Å². The summed E-state index contributed by atoms with van der Waals surface area (Å²) < 4.78 is 97.7. The molecule has 15 heteroatoms. The molecule has 0 aliphatic carbocycles. The van der Waals surface area contributed by atoms with Crippen LogP contribution in [0.2, 0.25) is 0 Å². The lowest BCUT2D eigenvalue weighted by molar-refractivity contribution is -0.143. The van der Waals surface area contributed by atoms with Crippen LogP contribution in [0, 0.1) is 0 Å². The first-order valence-corrected chi connectivity index (χ1v) is 15.9. The van der Waals surface area contributed by atoms with Gasteiger partial charge < -0.3 is 19.1 Å². The summed E-state index contributed by atoms with van der Waals surface area (Å²) in [5.41, 5.74) is -1.07. The van der Waals surface area contributed by atoms with Crippen molar-refractivity contribution in [1.29, 1.82) is 0 Å². The van der Waals surface area contributed by atoms with Crippen LogP contribution in [-0.4, -0.2) is 55.3 Å². The lowest BCUT2D eigenvalue weighted by atomic mass is 9.96. The van der Waals surface area contributed by atoms with Crippen LogP contribution in [0.3, 0.4) is 0 Å². The van der Waals surface area contributed by atoms with Crippen molar-refractivity contribution in [2.24, 2.45) is 0 Å². The van der Waals surface area contributed by atoms with Crippen molar-refractivity contribution in [1.82, 2.24) is 9.88 Å². The van der Waals surface area contributed by atoms with Gasteiger partial charge in [-0.05, 0) is 85.1 Å². The van der Waals surface area contributed by atoms with Gasteiger partial charge in [-0.1, -0.05) is 0 Å². The molecule has 258 valence electrons. The van der Waals surface area contributed by atoms with Crippen molar-refractivity contribution in [3.05, 3.63) is 87.9 Å². The Morgan fingerprint density at radius 2 is 1.63 bits per heavy atom. The Morgan fingerprint density at radius 3 is 2.22 bits per heavy atom. The summed E-state index contributed by atoms with van der Waals surface area (Å²) >= 11 is 1.24. The zero-order valence-electron chi connectivity index (χ0n) is 26.3. The number of carbonyl (C=O) groups is 2. The van der Waals surface area contributed by atoms with Crippen LogP contribution in [0.15, 0.2) is 60.7 Å². The highest BCUT2D eigenvalue weighted by Gasteiger charge is 2.43. The van der Waals surface area contributed by atoms with Crippen molar-refractivity contribution in [3.8, 4) is 27.3 Å². The number of aromatic nitrogens is 1. The predicted molar refractivity (Wildman–Crippen MR) is 168 cm³/mol. The van der Waals surface area contributed by atoms with E-state index in [1.807, 2.05) is 29.2 Å². The van der Waals surface area contributed by atoms with Crippen LogP contribution in [-0.2, 0) is 28.4 Å². The maximum absolute atomic E-state index is 13.6. The van der Waals surface area contributed by atoms with Crippen molar-refractivity contribution < 1.29 is 50.1 Å². The number of amides is 1. The summed E-state index contributed by atoms with van der Waals surface area (Å²) in [6, 6.07) is 12.8. The average molecular weight is 706 g/mol. The van der Waals surface area contributed by atoms with Crippen molar-refractivity contribution >= 4 is 29.2 Å². The maximum Gasteiger partial charge on any atom is 0.416 e. The number of methoxy groups -OCH3 is 2. The lowest BCUT2D eigenvalue weighted by Crippen LogP contribution is -2.38. The van der Waals surface area contributed by atoms with Crippen LogP contribution in [0.5, 0.6) is 5.75 Å². The number of halogens is 6. The standard InChI is InChI=1S/C34H29F6N3O5S/c1-18-30(20-13-21(33(35,36)37)16-22(14-20)34(38,39)40)48-32(45)43(18)17-25-23(6-10-29(41-25)42-11-4-12-42)24-15-19(5-7-26(24)46-2)27-8-9-28(49-27)31(44)47-3/h5-10,13-16,18,30H,4,11-12,17H2,1-3H3/t18-,30-/m0/s1. The minimum Gasteiger partial charge on any atom is -0.496 e. The molecule has 2 aliphatic rings. The second-order valence-electron chi connectivity index (χ2n) is 11.6. The molecular weight excluding hydrogens is 676 g/mol. The zero-order chi connectivity index (χ0) is 35.2. The summed E-state index contributed by atoms with van der Waals surface area (Å²) in [6.45, 7) is 2.87. The smallest absolute Gasteiger partial charge is 0.416 e. The number of nitrogens with zero attached hydrogens (tertiary/aromatic N) is 3. The first-order chi connectivity index (χ1) is 23.2. The van der Waals surface area contributed by atoms with Crippen LogP contribution in [0.25, 0.3) is 21.6 Å². The highest BCUT2D eigenvalue weighted by atomic mass is 32.1. The third-order valence-electron chi connectivity index (χ3n) is 8.56. The van der Waals surface area contributed by atoms with Crippen LogP contribution in [0.4, 0.5) is 37.0 Å². The monoisotopic (exact) mass is 705 g/mol. The number of carbonyl (C=O) groups excluding carboxylic acids is 2. The van der Waals surface area contributed by atoms with E-state index in [1.54, 1.807) is 18.2 Å². The van der Waals surface area contributed by atoms with Crippen LogP contribution in [0.1, 0.15) is 51.5 Å². The minimum atomic E-state index is -5.06. The summed E-state index contributed by atoms with van der Waals surface area (Å²) in [7, 11) is 2.79. The molecule has 2 saturated heterocycles. The average Bonchev–Trinajstić information content (AvgIpc) is 3.64. The molecule has 2 fully saturated rings. The van der Waals surface area contributed by atoms with Gasteiger partial charge >= 0.3 is 24.4 Å². The second-order valence-corrected chi connectivity index (χ2v) is 12.7. The summed E-state index contributed by atoms with van der Waals surface area (Å²) in [4.78, 5) is 34.7. The Hall–Kier alpha value is -4.79. The first-order valence-electron chi connectivity index (χ1n) is 15.1. The highest BCUT2D eigenvalue weighted by Crippen LogP contribution is 2.43. The second kappa shape index (κ2) is 12.9. The third-order valence-corrected chi connectivity index (χ3v) is 9.67. The summed E-state index contributed by atoms with van der Waals surface area (Å²) in [5.74, 6) is 0.653. The lowest BCUT2D eigenvalue weighted by Gasteiger charge is -2.33. The van der Waals surface area contributed by atoms with E-state index in [-0.39, 0.29) is 12.6 Å². The van der Waals surface area contributed by atoms with Gasteiger partial charge in [-0.3, -0.25) is 4.90 Å². The SMILES string of the molecule is COC(=O)c1ccc(-c2ccc(OC)c(-c3ccc(N4CCC4)nc3CN3C(=O)O[C@H](c4cc(C(F)(F)F)cc(C(F)(F)F)c4)[C@@H]3C)c2)s1. The maximum atomic E-state index is 13.6. The molecule has 0 spiro atoms. The Balaban J connectivity index is 1.39. The number of benzene rings is 2. The molecule has 2 aliphatic heterocycles. The van der Waals surface area contributed by atoms with Crippen LogP contribution >= 0.6 is 11.3 Å².